The van der Waals surface area contributed by atoms with Crippen LogP contribution in [0.2, 0.25) is 0 Å². The molecule has 0 spiro atoms. The lowest BCUT2D eigenvalue weighted by molar-refractivity contribution is -0.0990. The lowest BCUT2D eigenvalue weighted by atomic mass is 10.4. The molecule has 5 nitrogen and oxygen atoms in total. The van der Waals surface area contributed by atoms with Crippen LogP contribution in [0, 0.1) is 0 Å². The van der Waals surface area contributed by atoms with Gasteiger partial charge in [-0.3, -0.25) is 0 Å². The highest BCUT2D eigenvalue weighted by molar-refractivity contribution is 4.93. The predicted molar refractivity (Wildman–Crippen MR) is 55.4 cm³/mol. The largest absolute Gasteiger partial charge is 0.444 e. The van der Waals surface area contributed by atoms with Crippen LogP contribution in [0.3, 0.4) is 0 Å². The number of aromatic nitrogens is 1. The van der Waals surface area contributed by atoms with Gasteiger partial charge in [-0.25, -0.2) is 4.98 Å². The zero-order chi connectivity index (χ0) is 11.1. The van der Waals surface area contributed by atoms with Gasteiger partial charge < -0.3 is 19.2 Å². The van der Waals surface area contributed by atoms with E-state index in [0.29, 0.717) is 19.0 Å². The zero-order valence-corrected chi connectivity index (χ0v) is 9.45. The number of ether oxygens (including phenoxy) is 2. The van der Waals surface area contributed by atoms with Gasteiger partial charge in [-0.1, -0.05) is 6.92 Å². The average molecular weight is 214 g/mol. The van der Waals surface area contributed by atoms with Crippen LogP contribution in [0.15, 0.2) is 10.6 Å². The average Bonchev–Trinajstić information content (AvgIpc) is 2.72. The summed E-state index contributed by atoms with van der Waals surface area (Å²) in [6.07, 6.45) is 2.39. The summed E-state index contributed by atoms with van der Waals surface area (Å²) < 4.78 is 15.5. The fourth-order valence-electron chi connectivity index (χ4n) is 1.15. The minimum absolute atomic E-state index is 0.231. The van der Waals surface area contributed by atoms with Gasteiger partial charge in [-0.05, 0) is 0 Å². The molecule has 0 amide bonds. The molecule has 15 heavy (non-hydrogen) atoms. The van der Waals surface area contributed by atoms with E-state index in [0.717, 1.165) is 12.2 Å². The van der Waals surface area contributed by atoms with E-state index in [-0.39, 0.29) is 6.29 Å². The summed E-state index contributed by atoms with van der Waals surface area (Å²) in [4.78, 5) is 4.12. The summed E-state index contributed by atoms with van der Waals surface area (Å²) in [5.74, 6) is 1.60. The van der Waals surface area contributed by atoms with E-state index in [1.165, 1.54) is 0 Å². The third-order valence-electron chi connectivity index (χ3n) is 2.06. The first kappa shape index (κ1) is 12.2. The third kappa shape index (κ3) is 3.99. The molecule has 0 radical (unpaired) electrons. The number of oxazole rings is 1. The second-order valence-corrected chi connectivity index (χ2v) is 3.11. The molecule has 0 saturated carbocycles. The van der Waals surface area contributed by atoms with Crippen molar-refractivity contribution in [2.75, 3.05) is 20.8 Å². The van der Waals surface area contributed by atoms with Gasteiger partial charge in [0.15, 0.2) is 6.29 Å². The van der Waals surface area contributed by atoms with Gasteiger partial charge in [0.2, 0.25) is 5.89 Å². The predicted octanol–water partition coefficient (Wildman–Crippen LogP) is 0.945. The van der Waals surface area contributed by atoms with Crippen molar-refractivity contribution in [1.29, 1.82) is 0 Å². The first-order valence-electron chi connectivity index (χ1n) is 5.00. The molecule has 5 heteroatoms. The third-order valence-corrected chi connectivity index (χ3v) is 2.06. The molecule has 0 fully saturated rings. The molecule has 1 N–H and O–H groups in total. The standard InChI is InChI=1S/C10H18N2O3/c1-4-8-5-12-9(15-8)6-11-7-10(13-2)14-3/h5,10-11H,4,6-7H2,1-3H3. The minimum atomic E-state index is -0.231. The number of aryl methyl sites for hydroxylation is 1. The van der Waals surface area contributed by atoms with Gasteiger partial charge in [-0.2, -0.15) is 0 Å². The highest BCUT2D eigenvalue weighted by Crippen LogP contribution is 2.03. The van der Waals surface area contributed by atoms with Crippen molar-refractivity contribution in [1.82, 2.24) is 10.3 Å². The molecule has 0 aliphatic rings. The number of hydrogen-bond donors (Lipinski definition) is 1. The molecular weight excluding hydrogens is 196 g/mol. The quantitative estimate of drug-likeness (QED) is 0.685. The Kier molecular flexibility index (Phi) is 5.31. The smallest absolute Gasteiger partial charge is 0.208 e. The first-order chi connectivity index (χ1) is 7.30. The van der Waals surface area contributed by atoms with Crippen molar-refractivity contribution in [3.05, 3.63) is 17.8 Å². The van der Waals surface area contributed by atoms with E-state index in [1.807, 2.05) is 6.92 Å². The van der Waals surface area contributed by atoms with E-state index in [4.69, 9.17) is 13.9 Å². The van der Waals surface area contributed by atoms with Crippen molar-refractivity contribution >= 4 is 0 Å². The Morgan fingerprint density at radius 1 is 1.47 bits per heavy atom. The van der Waals surface area contributed by atoms with Gasteiger partial charge >= 0.3 is 0 Å². The monoisotopic (exact) mass is 214 g/mol. The van der Waals surface area contributed by atoms with Gasteiger partial charge in [0.05, 0.1) is 12.7 Å². The lowest BCUT2D eigenvalue weighted by Gasteiger charge is -2.12. The van der Waals surface area contributed by atoms with Crippen LogP contribution in [0.25, 0.3) is 0 Å². The molecule has 0 aliphatic carbocycles. The maximum atomic E-state index is 5.43. The SMILES string of the molecule is CCc1cnc(CNCC(OC)OC)o1. The topological polar surface area (TPSA) is 56.5 Å². The summed E-state index contributed by atoms with van der Waals surface area (Å²) in [6, 6.07) is 0. The number of hydrogen-bond acceptors (Lipinski definition) is 5. The first-order valence-corrected chi connectivity index (χ1v) is 5.00. The number of methoxy groups -OCH3 is 2. The highest BCUT2D eigenvalue weighted by Gasteiger charge is 2.06. The molecule has 86 valence electrons. The summed E-state index contributed by atoms with van der Waals surface area (Å²) in [5.41, 5.74) is 0. The molecule has 0 saturated heterocycles. The van der Waals surface area contributed by atoms with Gasteiger partial charge in [0.1, 0.15) is 5.76 Å². The Hall–Kier alpha value is -0.910. The Balaban J connectivity index is 2.25. The van der Waals surface area contributed by atoms with Crippen LogP contribution in [0.5, 0.6) is 0 Å². The maximum Gasteiger partial charge on any atom is 0.208 e. The molecule has 1 heterocycles. The summed E-state index contributed by atoms with van der Waals surface area (Å²) in [7, 11) is 3.21. The molecule has 0 unspecified atom stereocenters. The zero-order valence-electron chi connectivity index (χ0n) is 9.45. The van der Waals surface area contributed by atoms with Crippen molar-refractivity contribution < 1.29 is 13.9 Å². The molecule has 1 aromatic rings. The Bertz CT molecular complexity index is 271. The number of nitrogens with zero attached hydrogens (tertiary/aromatic N) is 1. The maximum absolute atomic E-state index is 5.43. The molecular formula is C10H18N2O3. The fraction of sp³-hybridized carbons (Fsp3) is 0.700. The van der Waals surface area contributed by atoms with Crippen LogP contribution in [-0.2, 0) is 22.4 Å². The van der Waals surface area contributed by atoms with E-state index >= 15 is 0 Å². The molecule has 0 aliphatic heterocycles. The van der Waals surface area contributed by atoms with E-state index in [1.54, 1.807) is 20.4 Å². The molecule has 0 bridgehead atoms. The Morgan fingerprint density at radius 3 is 2.73 bits per heavy atom. The Morgan fingerprint density at radius 2 is 2.20 bits per heavy atom. The summed E-state index contributed by atoms with van der Waals surface area (Å²) >= 11 is 0. The Labute approximate surface area is 89.8 Å². The molecule has 1 rings (SSSR count). The van der Waals surface area contributed by atoms with Crippen LogP contribution in [0.1, 0.15) is 18.6 Å². The van der Waals surface area contributed by atoms with Crippen molar-refractivity contribution in [2.45, 2.75) is 26.2 Å². The number of rotatable bonds is 7. The second-order valence-electron chi connectivity index (χ2n) is 3.11. The van der Waals surface area contributed by atoms with Crippen LogP contribution < -0.4 is 5.32 Å². The minimum Gasteiger partial charge on any atom is -0.444 e. The van der Waals surface area contributed by atoms with Gasteiger partial charge in [0.25, 0.3) is 0 Å². The van der Waals surface area contributed by atoms with Crippen LogP contribution >= 0.6 is 0 Å². The lowest BCUT2D eigenvalue weighted by Crippen LogP contribution is -2.29. The van der Waals surface area contributed by atoms with Gasteiger partial charge in [0, 0.05) is 27.2 Å². The highest BCUT2D eigenvalue weighted by atomic mass is 16.7. The molecule has 1 aromatic heterocycles. The number of nitrogens with one attached hydrogen (secondary N) is 1. The van der Waals surface area contributed by atoms with Crippen LogP contribution in [-0.4, -0.2) is 32.0 Å². The second kappa shape index (κ2) is 6.55. The molecule has 0 atom stereocenters. The van der Waals surface area contributed by atoms with Crippen molar-refractivity contribution in [3.63, 3.8) is 0 Å². The van der Waals surface area contributed by atoms with E-state index in [9.17, 15) is 0 Å². The molecule has 0 aromatic carbocycles. The van der Waals surface area contributed by atoms with Crippen molar-refractivity contribution in [3.8, 4) is 0 Å². The van der Waals surface area contributed by atoms with Gasteiger partial charge in [-0.15, -0.1) is 0 Å². The fourth-order valence-corrected chi connectivity index (χ4v) is 1.15. The van der Waals surface area contributed by atoms with E-state index in [2.05, 4.69) is 10.3 Å². The van der Waals surface area contributed by atoms with Crippen molar-refractivity contribution in [2.24, 2.45) is 0 Å². The van der Waals surface area contributed by atoms with Crippen LogP contribution in [0.4, 0.5) is 0 Å². The summed E-state index contributed by atoms with van der Waals surface area (Å²) in [5, 5.41) is 3.13. The van der Waals surface area contributed by atoms with E-state index < -0.39 is 0 Å². The summed E-state index contributed by atoms with van der Waals surface area (Å²) in [6.45, 7) is 3.23. The normalized spacial score (nSPS) is 11.2.